The summed E-state index contributed by atoms with van der Waals surface area (Å²) in [5, 5.41) is 2.70. The maximum absolute atomic E-state index is 12.7. The lowest BCUT2D eigenvalue weighted by Crippen LogP contribution is -2.48. The number of hydrogen-bond acceptors (Lipinski definition) is 3. The highest BCUT2D eigenvalue weighted by molar-refractivity contribution is 5.85. The number of carbonyl (C=O) groups excluding carboxylic acids is 2. The molecule has 1 aliphatic heterocycles. The molecule has 3 amide bonds. The van der Waals surface area contributed by atoms with Crippen molar-refractivity contribution in [1.82, 2.24) is 10.2 Å². The number of urea groups is 1. The Morgan fingerprint density at radius 1 is 1.33 bits per heavy atom. The fourth-order valence-electron chi connectivity index (χ4n) is 3.25. The lowest BCUT2D eigenvalue weighted by Gasteiger charge is -2.36. The Bertz CT molecular complexity index is 567. The smallest absolute Gasteiger partial charge is 0.312 e. The van der Waals surface area contributed by atoms with Crippen molar-refractivity contribution in [2.75, 3.05) is 13.1 Å². The van der Waals surface area contributed by atoms with Crippen molar-refractivity contribution in [3.63, 3.8) is 0 Å². The third-order valence-electron chi connectivity index (χ3n) is 4.48. The highest BCUT2D eigenvalue weighted by Crippen LogP contribution is 2.24. The molecule has 2 unspecified atom stereocenters. The van der Waals surface area contributed by atoms with Gasteiger partial charge in [-0.25, -0.2) is 4.79 Å². The number of hydrogen-bond donors (Lipinski definition) is 3. The Balaban J connectivity index is 0.00000288. The highest BCUT2D eigenvalue weighted by Gasteiger charge is 2.28. The Morgan fingerprint density at radius 3 is 2.67 bits per heavy atom. The molecule has 1 fully saturated rings. The van der Waals surface area contributed by atoms with E-state index in [0.717, 1.165) is 36.9 Å². The van der Waals surface area contributed by atoms with Gasteiger partial charge in [0.15, 0.2) is 0 Å². The molecule has 1 aromatic carbocycles. The van der Waals surface area contributed by atoms with E-state index >= 15 is 0 Å². The molecule has 134 valence electrons. The molecule has 1 aromatic rings. The fraction of sp³-hybridized carbons (Fsp3) is 0.529. The van der Waals surface area contributed by atoms with Gasteiger partial charge in [0.25, 0.3) is 0 Å². The predicted octanol–water partition coefficient (Wildman–Crippen LogP) is 1.86. The van der Waals surface area contributed by atoms with Crippen molar-refractivity contribution in [3.05, 3.63) is 35.4 Å². The topological polar surface area (TPSA) is 101 Å². The molecule has 2 atom stereocenters. The Hall–Kier alpha value is -1.79. The molecular weight excluding hydrogens is 328 g/mol. The minimum Gasteiger partial charge on any atom is -0.352 e. The molecule has 2 rings (SSSR count). The van der Waals surface area contributed by atoms with Gasteiger partial charge < -0.3 is 21.7 Å². The number of aryl methyl sites for hydroxylation is 1. The molecule has 0 bridgehead atoms. The molecule has 1 heterocycles. The molecule has 0 aromatic heterocycles. The predicted molar refractivity (Wildman–Crippen MR) is 96.9 cm³/mol. The third kappa shape index (κ3) is 5.11. The first kappa shape index (κ1) is 20.3. The second-order valence-electron chi connectivity index (χ2n) is 6.09. The number of rotatable bonds is 5. The van der Waals surface area contributed by atoms with Crippen molar-refractivity contribution in [2.24, 2.45) is 11.5 Å². The first-order chi connectivity index (χ1) is 11.0. The fourth-order valence-corrected chi connectivity index (χ4v) is 3.25. The van der Waals surface area contributed by atoms with Crippen LogP contribution in [0.5, 0.6) is 0 Å². The van der Waals surface area contributed by atoms with E-state index in [1.165, 1.54) is 0 Å². The van der Waals surface area contributed by atoms with E-state index in [1.807, 2.05) is 36.1 Å². The molecular formula is C17H27ClN4O2. The van der Waals surface area contributed by atoms with E-state index in [4.69, 9.17) is 11.5 Å². The van der Waals surface area contributed by atoms with Crippen molar-refractivity contribution >= 4 is 24.3 Å². The third-order valence-corrected chi connectivity index (χ3v) is 4.48. The number of halogens is 1. The number of carbonyl (C=O) groups is 2. The molecule has 1 aliphatic rings. The summed E-state index contributed by atoms with van der Waals surface area (Å²) in [6.45, 7) is 3.17. The van der Waals surface area contributed by atoms with E-state index < -0.39 is 12.1 Å². The van der Waals surface area contributed by atoms with Gasteiger partial charge in [-0.3, -0.25) is 4.79 Å². The summed E-state index contributed by atoms with van der Waals surface area (Å²) in [6, 6.07) is 6.76. The quantitative estimate of drug-likeness (QED) is 0.752. The van der Waals surface area contributed by atoms with E-state index in [1.54, 1.807) is 0 Å². The maximum Gasteiger partial charge on any atom is 0.312 e. The number of nitrogens with two attached hydrogens (primary N) is 2. The van der Waals surface area contributed by atoms with Gasteiger partial charge >= 0.3 is 6.03 Å². The molecule has 0 aliphatic carbocycles. The molecule has 0 spiro atoms. The summed E-state index contributed by atoms with van der Waals surface area (Å²) in [4.78, 5) is 25.9. The first-order valence-electron chi connectivity index (χ1n) is 8.14. The second-order valence-corrected chi connectivity index (χ2v) is 6.09. The average Bonchev–Trinajstić information content (AvgIpc) is 2.54. The first-order valence-corrected chi connectivity index (χ1v) is 8.14. The Kier molecular flexibility index (Phi) is 8.01. The van der Waals surface area contributed by atoms with Crippen LogP contribution in [0.25, 0.3) is 0 Å². The number of benzene rings is 1. The van der Waals surface area contributed by atoms with Crippen LogP contribution in [0.2, 0.25) is 0 Å². The van der Waals surface area contributed by atoms with Gasteiger partial charge in [0.2, 0.25) is 5.91 Å². The van der Waals surface area contributed by atoms with Gasteiger partial charge in [-0.15, -0.1) is 12.4 Å². The Morgan fingerprint density at radius 2 is 2.04 bits per heavy atom. The monoisotopic (exact) mass is 354 g/mol. The summed E-state index contributed by atoms with van der Waals surface area (Å²) in [6.07, 6.45) is 3.25. The average molecular weight is 355 g/mol. The lowest BCUT2D eigenvalue weighted by atomic mass is 9.96. The van der Waals surface area contributed by atoms with Crippen molar-refractivity contribution in [1.29, 1.82) is 0 Å². The van der Waals surface area contributed by atoms with Gasteiger partial charge in [-0.05, 0) is 37.3 Å². The number of amides is 3. The van der Waals surface area contributed by atoms with Gasteiger partial charge in [0.05, 0.1) is 12.5 Å². The van der Waals surface area contributed by atoms with Crippen LogP contribution in [-0.2, 0) is 4.79 Å². The molecule has 6 nitrogen and oxygen atoms in total. The number of nitrogens with zero attached hydrogens (tertiary/aromatic N) is 1. The minimum absolute atomic E-state index is 0. The summed E-state index contributed by atoms with van der Waals surface area (Å²) in [5.41, 5.74) is 13.0. The Labute approximate surface area is 149 Å². The summed E-state index contributed by atoms with van der Waals surface area (Å²) < 4.78 is 0. The van der Waals surface area contributed by atoms with Crippen LogP contribution in [0.1, 0.15) is 42.9 Å². The van der Waals surface area contributed by atoms with Gasteiger partial charge in [-0.1, -0.05) is 24.3 Å². The largest absolute Gasteiger partial charge is 0.352 e. The molecule has 1 saturated heterocycles. The number of likely N-dealkylation sites (tertiary alicyclic amines) is 1. The molecule has 7 heteroatoms. The van der Waals surface area contributed by atoms with E-state index in [0.29, 0.717) is 6.54 Å². The van der Waals surface area contributed by atoms with Crippen molar-refractivity contribution in [3.8, 4) is 0 Å². The number of primary amides is 1. The molecule has 24 heavy (non-hydrogen) atoms. The zero-order valence-corrected chi connectivity index (χ0v) is 14.8. The van der Waals surface area contributed by atoms with Crippen LogP contribution in [-0.4, -0.2) is 36.0 Å². The van der Waals surface area contributed by atoms with Crippen LogP contribution in [0, 0.1) is 6.92 Å². The van der Waals surface area contributed by atoms with Gasteiger partial charge in [0.1, 0.15) is 0 Å². The van der Waals surface area contributed by atoms with Crippen molar-refractivity contribution in [2.45, 2.75) is 44.7 Å². The SMILES string of the molecule is Cc1ccccc1C(CC(=O)N1CCCCC1CN)NC(N)=O.Cl. The molecule has 0 saturated carbocycles. The summed E-state index contributed by atoms with van der Waals surface area (Å²) in [7, 11) is 0. The van der Waals surface area contributed by atoms with Crippen molar-refractivity contribution < 1.29 is 9.59 Å². The van der Waals surface area contributed by atoms with Crippen LogP contribution in [0.4, 0.5) is 4.79 Å². The summed E-state index contributed by atoms with van der Waals surface area (Å²) >= 11 is 0. The summed E-state index contributed by atoms with van der Waals surface area (Å²) in [5.74, 6) is 0.0159. The van der Waals surface area contributed by atoms with Crippen LogP contribution in [0.15, 0.2) is 24.3 Å². The normalized spacial score (nSPS) is 18.4. The zero-order chi connectivity index (χ0) is 16.8. The molecule has 5 N–H and O–H groups in total. The van der Waals surface area contributed by atoms with Crippen LogP contribution >= 0.6 is 12.4 Å². The van der Waals surface area contributed by atoms with Crippen LogP contribution < -0.4 is 16.8 Å². The minimum atomic E-state index is -0.625. The van der Waals surface area contributed by atoms with Crippen LogP contribution in [0.3, 0.4) is 0 Å². The van der Waals surface area contributed by atoms with Gasteiger partial charge in [-0.2, -0.15) is 0 Å². The number of nitrogens with one attached hydrogen (secondary N) is 1. The standard InChI is InChI=1S/C17H26N4O2.ClH/c1-12-6-2-3-8-14(12)15(20-17(19)23)10-16(22)21-9-5-4-7-13(21)11-18;/h2-3,6,8,13,15H,4-5,7,9-11,18H2,1H3,(H3,19,20,23);1H. The zero-order valence-electron chi connectivity index (χ0n) is 14.0. The lowest BCUT2D eigenvalue weighted by molar-refractivity contribution is -0.135. The van der Waals surface area contributed by atoms with E-state index in [9.17, 15) is 9.59 Å². The van der Waals surface area contributed by atoms with Gasteiger partial charge in [0, 0.05) is 19.1 Å². The highest BCUT2D eigenvalue weighted by atomic mass is 35.5. The van der Waals surface area contributed by atoms with E-state index in [2.05, 4.69) is 5.32 Å². The maximum atomic E-state index is 12.7. The van der Waals surface area contributed by atoms with E-state index in [-0.39, 0.29) is 30.8 Å². The second kappa shape index (κ2) is 9.49. The number of piperidine rings is 1. The molecule has 0 radical (unpaired) electrons.